The first-order chi connectivity index (χ1) is 11.9. The van der Waals surface area contributed by atoms with Crippen molar-refractivity contribution >= 4 is 15.7 Å². The van der Waals surface area contributed by atoms with E-state index in [1.807, 2.05) is 13.8 Å². The predicted molar refractivity (Wildman–Crippen MR) is 88.7 cm³/mol. The van der Waals surface area contributed by atoms with Crippen LogP contribution in [0.2, 0.25) is 0 Å². The average Bonchev–Trinajstić information content (AvgIpc) is 2.90. The number of pyridine rings is 1. The number of halogens is 3. The fraction of sp³-hybridized carbons (Fsp3) is 0.467. The lowest BCUT2D eigenvalue weighted by Crippen LogP contribution is -2.14. The second-order valence-corrected chi connectivity index (χ2v) is 8.16. The number of hydrogen-bond donors (Lipinski definition) is 2. The van der Waals surface area contributed by atoms with Gasteiger partial charge in [-0.1, -0.05) is 13.8 Å². The highest BCUT2D eigenvalue weighted by atomic mass is 32.2. The zero-order chi connectivity index (χ0) is 19.7. The second kappa shape index (κ2) is 7.23. The van der Waals surface area contributed by atoms with Crippen molar-refractivity contribution in [3.05, 3.63) is 29.6 Å². The van der Waals surface area contributed by atoms with Crippen LogP contribution in [0.3, 0.4) is 0 Å². The highest BCUT2D eigenvalue weighted by Gasteiger charge is 2.39. The second-order valence-electron chi connectivity index (χ2n) is 6.14. The summed E-state index contributed by atoms with van der Waals surface area (Å²) in [6.45, 7) is 3.22. The predicted octanol–water partition coefficient (Wildman–Crippen LogP) is 2.25. The van der Waals surface area contributed by atoms with Crippen LogP contribution in [0.4, 0.5) is 19.0 Å². The van der Waals surface area contributed by atoms with Crippen molar-refractivity contribution in [2.24, 2.45) is 5.92 Å². The van der Waals surface area contributed by atoms with Gasteiger partial charge in [-0.15, -0.1) is 0 Å². The van der Waals surface area contributed by atoms with Crippen LogP contribution in [0, 0.1) is 5.92 Å². The molecule has 11 heteroatoms. The van der Waals surface area contributed by atoms with Crippen molar-refractivity contribution < 1.29 is 26.7 Å². The Balaban J connectivity index is 2.60. The lowest BCUT2D eigenvalue weighted by atomic mass is 10.2. The summed E-state index contributed by atoms with van der Waals surface area (Å²) in [6.07, 6.45) is -2.71. The van der Waals surface area contributed by atoms with Gasteiger partial charge in [0.05, 0.1) is 17.1 Å². The summed E-state index contributed by atoms with van der Waals surface area (Å²) in [4.78, 5) is 3.84. The number of aliphatic hydroxyl groups excluding tert-OH is 1. The third kappa shape index (κ3) is 4.33. The zero-order valence-electron chi connectivity index (χ0n) is 14.4. The molecule has 0 saturated heterocycles. The van der Waals surface area contributed by atoms with E-state index in [1.54, 1.807) is 0 Å². The van der Waals surface area contributed by atoms with Gasteiger partial charge in [0.25, 0.3) is 0 Å². The van der Waals surface area contributed by atoms with E-state index in [4.69, 9.17) is 0 Å². The molecule has 0 atom stereocenters. The molecule has 0 bridgehead atoms. The minimum atomic E-state index is -4.76. The van der Waals surface area contributed by atoms with E-state index in [9.17, 15) is 26.7 Å². The number of nitrogens with one attached hydrogen (secondary N) is 1. The van der Waals surface area contributed by atoms with Crippen LogP contribution in [-0.4, -0.2) is 41.1 Å². The van der Waals surface area contributed by atoms with Crippen molar-refractivity contribution in [1.29, 1.82) is 0 Å². The number of anilines is 1. The van der Waals surface area contributed by atoms with Crippen molar-refractivity contribution in [2.45, 2.75) is 31.5 Å². The van der Waals surface area contributed by atoms with Gasteiger partial charge < -0.3 is 10.4 Å². The average molecular weight is 392 g/mol. The minimum absolute atomic E-state index is 0.00569. The van der Waals surface area contributed by atoms with Crippen LogP contribution >= 0.6 is 0 Å². The van der Waals surface area contributed by atoms with Gasteiger partial charge in [-0.25, -0.2) is 13.4 Å². The fourth-order valence-electron chi connectivity index (χ4n) is 2.19. The SMILES string of the molecule is CC(C)CNc1c(CO)c(C(F)(F)F)nn1-c1ccc(S(C)(=O)=O)cn1. The topological polar surface area (TPSA) is 97.1 Å². The third-order valence-electron chi connectivity index (χ3n) is 3.45. The molecule has 144 valence electrons. The Morgan fingerprint density at radius 3 is 2.38 bits per heavy atom. The molecule has 26 heavy (non-hydrogen) atoms. The van der Waals surface area contributed by atoms with Crippen molar-refractivity contribution in [3.63, 3.8) is 0 Å². The smallest absolute Gasteiger partial charge is 0.391 e. The number of aromatic nitrogens is 3. The Bertz CT molecular complexity index is 875. The monoisotopic (exact) mass is 392 g/mol. The summed E-state index contributed by atoms with van der Waals surface area (Å²) in [6, 6.07) is 2.49. The normalized spacial score (nSPS) is 12.6. The summed E-state index contributed by atoms with van der Waals surface area (Å²) in [5.41, 5.74) is -1.62. The van der Waals surface area contributed by atoms with Crippen molar-refractivity contribution in [1.82, 2.24) is 14.8 Å². The Labute approximate surface area is 148 Å². The maximum absolute atomic E-state index is 13.2. The fourth-order valence-corrected chi connectivity index (χ4v) is 2.75. The third-order valence-corrected chi connectivity index (χ3v) is 4.55. The minimum Gasteiger partial charge on any atom is -0.391 e. The van der Waals surface area contributed by atoms with Gasteiger partial charge in [-0.3, -0.25) is 0 Å². The molecule has 0 fully saturated rings. The lowest BCUT2D eigenvalue weighted by Gasteiger charge is -2.13. The number of sulfone groups is 1. The maximum Gasteiger partial charge on any atom is 0.435 e. The number of hydrogen-bond acceptors (Lipinski definition) is 6. The summed E-state index contributed by atoms with van der Waals surface area (Å²) in [7, 11) is -3.49. The van der Waals surface area contributed by atoms with Gasteiger partial charge in [0, 0.05) is 19.0 Å². The van der Waals surface area contributed by atoms with Crippen LogP contribution in [-0.2, 0) is 22.6 Å². The van der Waals surface area contributed by atoms with Gasteiger partial charge in [0.1, 0.15) is 5.82 Å². The van der Waals surface area contributed by atoms with E-state index in [2.05, 4.69) is 15.4 Å². The largest absolute Gasteiger partial charge is 0.435 e. The molecule has 0 saturated carbocycles. The Morgan fingerprint density at radius 1 is 1.31 bits per heavy atom. The number of alkyl halides is 3. The van der Waals surface area contributed by atoms with E-state index in [0.717, 1.165) is 17.1 Å². The molecule has 0 aliphatic carbocycles. The molecule has 2 rings (SSSR count). The Kier molecular flexibility index (Phi) is 5.61. The van der Waals surface area contributed by atoms with E-state index in [-0.39, 0.29) is 22.4 Å². The van der Waals surface area contributed by atoms with Gasteiger partial charge in [0.2, 0.25) is 0 Å². The first-order valence-corrected chi connectivity index (χ1v) is 9.54. The molecule has 0 aliphatic rings. The number of aliphatic hydroxyl groups is 1. The molecule has 0 radical (unpaired) electrons. The van der Waals surface area contributed by atoms with E-state index in [1.165, 1.54) is 12.1 Å². The maximum atomic E-state index is 13.2. The Morgan fingerprint density at radius 2 is 1.96 bits per heavy atom. The molecule has 0 aliphatic heterocycles. The van der Waals surface area contributed by atoms with Crippen LogP contribution in [0.5, 0.6) is 0 Å². The van der Waals surface area contributed by atoms with Gasteiger partial charge in [0.15, 0.2) is 21.3 Å². The highest BCUT2D eigenvalue weighted by Crippen LogP contribution is 2.35. The molecule has 7 nitrogen and oxygen atoms in total. The van der Waals surface area contributed by atoms with E-state index >= 15 is 0 Å². The summed E-state index contributed by atoms with van der Waals surface area (Å²) in [5.74, 6) is 0.0850. The van der Waals surface area contributed by atoms with Gasteiger partial charge in [-0.2, -0.15) is 23.0 Å². The van der Waals surface area contributed by atoms with Crippen LogP contribution < -0.4 is 5.32 Å². The van der Waals surface area contributed by atoms with E-state index < -0.39 is 33.9 Å². The quantitative estimate of drug-likeness (QED) is 0.783. The van der Waals surface area contributed by atoms with Gasteiger partial charge >= 0.3 is 6.18 Å². The number of nitrogens with zero attached hydrogens (tertiary/aromatic N) is 3. The molecule has 2 heterocycles. The molecular formula is C15H19F3N4O3S. The zero-order valence-corrected chi connectivity index (χ0v) is 15.2. The molecule has 2 N–H and O–H groups in total. The number of rotatable bonds is 6. The van der Waals surface area contributed by atoms with Crippen LogP contribution in [0.25, 0.3) is 5.82 Å². The van der Waals surface area contributed by atoms with Crippen molar-refractivity contribution in [2.75, 3.05) is 18.1 Å². The van der Waals surface area contributed by atoms with Crippen LogP contribution in [0.15, 0.2) is 23.2 Å². The lowest BCUT2D eigenvalue weighted by molar-refractivity contribution is -0.142. The molecule has 2 aromatic heterocycles. The van der Waals surface area contributed by atoms with Crippen LogP contribution in [0.1, 0.15) is 25.1 Å². The molecular weight excluding hydrogens is 373 g/mol. The molecule has 0 unspecified atom stereocenters. The molecule has 0 aromatic carbocycles. The highest BCUT2D eigenvalue weighted by molar-refractivity contribution is 7.90. The Hall–Kier alpha value is -2.14. The summed E-state index contributed by atoms with van der Waals surface area (Å²) in [5, 5.41) is 15.8. The van der Waals surface area contributed by atoms with Gasteiger partial charge in [-0.05, 0) is 18.1 Å². The molecule has 0 spiro atoms. The molecule has 2 aromatic rings. The van der Waals surface area contributed by atoms with Crippen molar-refractivity contribution in [3.8, 4) is 5.82 Å². The summed E-state index contributed by atoms with van der Waals surface area (Å²) >= 11 is 0. The van der Waals surface area contributed by atoms with E-state index in [0.29, 0.717) is 6.54 Å². The first kappa shape index (κ1) is 20.2. The standard InChI is InChI=1S/C15H19F3N4O3S/c1-9(2)6-20-14-11(8-23)13(15(16,17)18)21-22(14)12-5-4-10(7-19-12)26(3,24)25/h4-5,7,9,20,23H,6,8H2,1-3H3. The first-order valence-electron chi connectivity index (χ1n) is 7.65. The molecule has 0 amide bonds. The summed E-state index contributed by atoms with van der Waals surface area (Å²) < 4.78 is 63.7.